The predicted octanol–water partition coefficient (Wildman–Crippen LogP) is -0.192. The van der Waals surface area contributed by atoms with E-state index in [4.69, 9.17) is 5.11 Å². The number of esters is 1. The molecule has 96 valence electrons. The number of carboxylic acid groups (broad SMARTS) is 1. The van der Waals surface area contributed by atoms with Crippen LogP contribution in [0, 0.1) is 0 Å². The normalized spacial score (nSPS) is 18.9. The number of carbonyl (C=O) groups is 3. The highest BCUT2D eigenvalue weighted by Gasteiger charge is 2.33. The average Bonchev–Trinajstić information content (AvgIpc) is 2.77. The van der Waals surface area contributed by atoms with Crippen molar-refractivity contribution in [3.05, 3.63) is 0 Å². The van der Waals surface area contributed by atoms with Gasteiger partial charge in [-0.25, -0.2) is 9.59 Å². The number of hydrogen-bond acceptors (Lipinski definition) is 4. The lowest BCUT2D eigenvalue weighted by atomic mass is 10.2. The average molecular weight is 244 g/mol. The van der Waals surface area contributed by atoms with Gasteiger partial charge < -0.3 is 20.1 Å². The molecule has 0 saturated carbocycles. The number of aliphatic carboxylic acids is 1. The van der Waals surface area contributed by atoms with Crippen LogP contribution < -0.4 is 5.32 Å². The zero-order valence-corrected chi connectivity index (χ0v) is 9.64. The van der Waals surface area contributed by atoms with E-state index in [9.17, 15) is 14.4 Å². The number of methoxy groups -OCH3 is 1. The summed E-state index contributed by atoms with van der Waals surface area (Å²) in [4.78, 5) is 34.6. The van der Waals surface area contributed by atoms with Crippen LogP contribution in [0.25, 0.3) is 0 Å². The maximum absolute atomic E-state index is 11.6. The molecular weight excluding hydrogens is 228 g/mol. The van der Waals surface area contributed by atoms with Gasteiger partial charge in [0.05, 0.1) is 13.5 Å². The molecule has 7 nitrogen and oxygen atoms in total. The second-order valence-corrected chi connectivity index (χ2v) is 3.75. The maximum Gasteiger partial charge on any atom is 0.326 e. The Morgan fingerprint density at radius 3 is 2.76 bits per heavy atom. The fourth-order valence-corrected chi connectivity index (χ4v) is 1.74. The summed E-state index contributed by atoms with van der Waals surface area (Å²) in [6, 6.07) is -1.20. The van der Waals surface area contributed by atoms with Gasteiger partial charge in [0.1, 0.15) is 6.04 Å². The first-order valence-corrected chi connectivity index (χ1v) is 5.40. The van der Waals surface area contributed by atoms with Crippen molar-refractivity contribution in [2.45, 2.75) is 25.3 Å². The molecule has 7 heteroatoms. The fourth-order valence-electron chi connectivity index (χ4n) is 1.74. The van der Waals surface area contributed by atoms with Crippen molar-refractivity contribution in [3.8, 4) is 0 Å². The van der Waals surface area contributed by atoms with Gasteiger partial charge in [0, 0.05) is 13.1 Å². The van der Waals surface area contributed by atoms with Crippen molar-refractivity contribution >= 4 is 18.0 Å². The van der Waals surface area contributed by atoms with E-state index in [1.165, 1.54) is 12.0 Å². The van der Waals surface area contributed by atoms with Crippen LogP contribution in [-0.2, 0) is 14.3 Å². The zero-order chi connectivity index (χ0) is 12.8. The lowest BCUT2D eigenvalue weighted by Gasteiger charge is -2.21. The number of ether oxygens (including phenoxy) is 1. The number of likely N-dealkylation sites (tertiary alicyclic amines) is 1. The first kappa shape index (κ1) is 13.3. The minimum Gasteiger partial charge on any atom is -0.480 e. The van der Waals surface area contributed by atoms with E-state index in [0.717, 1.165) is 0 Å². The summed E-state index contributed by atoms with van der Waals surface area (Å²) in [5, 5.41) is 11.4. The predicted molar refractivity (Wildman–Crippen MR) is 57.4 cm³/mol. The summed E-state index contributed by atoms with van der Waals surface area (Å²) < 4.78 is 4.42. The molecule has 0 aromatic rings. The Labute approximate surface area is 98.7 Å². The van der Waals surface area contributed by atoms with E-state index in [2.05, 4.69) is 10.1 Å². The highest BCUT2D eigenvalue weighted by atomic mass is 16.5. The topological polar surface area (TPSA) is 95.9 Å². The highest BCUT2D eigenvalue weighted by molar-refractivity contribution is 5.83. The summed E-state index contributed by atoms with van der Waals surface area (Å²) in [5.74, 6) is -1.41. The third kappa shape index (κ3) is 3.61. The molecule has 1 fully saturated rings. The Morgan fingerprint density at radius 2 is 2.18 bits per heavy atom. The van der Waals surface area contributed by atoms with Gasteiger partial charge in [-0.1, -0.05) is 0 Å². The molecule has 2 N–H and O–H groups in total. The number of carbonyl (C=O) groups excluding carboxylic acids is 2. The first-order valence-electron chi connectivity index (χ1n) is 5.40. The molecule has 2 amide bonds. The number of nitrogens with one attached hydrogen (secondary N) is 1. The van der Waals surface area contributed by atoms with Gasteiger partial charge in [-0.05, 0) is 12.8 Å². The summed E-state index contributed by atoms with van der Waals surface area (Å²) >= 11 is 0. The molecule has 1 aliphatic heterocycles. The Bertz CT molecular complexity index is 318. The third-order valence-electron chi connectivity index (χ3n) is 2.63. The largest absolute Gasteiger partial charge is 0.480 e. The Kier molecular flexibility index (Phi) is 4.74. The molecule has 1 heterocycles. The van der Waals surface area contributed by atoms with E-state index in [1.807, 2.05) is 0 Å². The highest BCUT2D eigenvalue weighted by Crippen LogP contribution is 2.17. The summed E-state index contributed by atoms with van der Waals surface area (Å²) in [7, 11) is 1.27. The van der Waals surface area contributed by atoms with Crippen LogP contribution in [0.2, 0.25) is 0 Å². The van der Waals surface area contributed by atoms with E-state index >= 15 is 0 Å². The van der Waals surface area contributed by atoms with Crippen LogP contribution in [0.5, 0.6) is 0 Å². The van der Waals surface area contributed by atoms with Gasteiger partial charge >= 0.3 is 18.0 Å². The summed E-state index contributed by atoms with van der Waals surface area (Å²) in [6.07, 6.45) is 1.23. The summed E-state index contributed by atoms with van der Waals surface area (Å²) in [6.45, 7) is 0.579. The number of carboxylic acids is 1. The van der Waals surface area contributed by atoms with E-state index in [1.54, 1.807) is 0 Å². The minimum atomic E-state index is -0.995. The number of urea groups is 1. The van der Waals surface area contributed by atoms with Crippen LogP contribution in [0.1, 0.15) is 19.3 Å². The number of hydrogen-bond donors (Lipinski definition) is 2. The lowest BCUT2D eigenvalue weighted by molar-refractivity contribution is -0.142. The van der Waals surface area contributed by atoms with Gasteiger partial charge in [-0.2, -0.15) is 0 Å². The van der Waals surface area contributed by atoms with Crippen molar-refractivity contribution in [2.24, 2.45) is 0 Å². The van der Waals surface area contributed by atoms with E-state index in [0.29, 0.717) is 19.4 Å². The number of rotatable bonds is 4. The molecule has 0 bridgehead atoms. The zero-order valence-electron chi connectivity index (χ0n) is 9.64. The van der Waals surface area contributed by atoms with Gasteiger partial charge in [0.25, 0.3) is 0 Å². The Morgan fingerprint density at radius 1 is 1.47 bits per heavy atom. The maximum atomic E-state index is 11.6. The second kappa shape index (κ2) is 6.07. The quantitative estimate of drug-likeness (QED) is 0.668. The fraction of sp³-hybridized carbons (Fsp3) is 0.700. The van der Waals surface area contributed by atoms with Crippen molar-refractivity contribution in [1.82, 2.24) is 10.2 Å². The number of amides is 2. The summed E-state index contributed by atoms with van der Waals surface area (Å²) in [5.41, 5.74) is 0. The standard InChI is InChI=1S/C10H16N2O5/c1-17-8(13)4-5-11-10(16)12-6-2-3-7(12)9(14)15/h7H,2-6H2,1H3,(H,11,16)(H,14,15)/t7-/m0/s1. The molecule has 17 heavy (non-hydrogen) atoms. The lowest BCUT2D eigenvalue weighted by Crippen LogP contribution is -2.46. The van der Waals surface area contributed by atoms with Crippen LogP contribution in [-0.4, -0.2) is 54.2 Å². The van der Waals surface area contributed by atoms with E-state index in [-0.39, 0.29) is 13.0 Å². The van der Waals surface area contributed by atoms with Crippen LogP contribution in [0.4, 0.5) is 4.79 Å². The van der Waals surface area contributed by atoms with Crippen LogP contribution in [0.15, 0.2) is 0 Å². The van der Waals surface area contributed by atoms with Crippen LogP contribution in [0.3, 0.4) is 0 Å². The molecule has 0 aromatic heterocycles. The smallest absolute Gasteiger partial charge is 0.326 e. The molecule has 0 aliphatic carbocycles. The second-order valence-electron chi connectivity index (χ2n) is 3.75. The van der Waals surface area contributed by atoms with Gasteiger partial charge in [0.15, 0.2) is 0 Å². The molecule has 0 spiro atoms. The Hall–Kier alpha value is -1.79. The third-order valence-corrected chi connectivity index (χ3v) is 2.63. The molecule has 1 saturated heterocycles. The molecule has 0 aromatic carbocycles. The van der Waals surface area contributed by atoms with Gasteiger partial charge in [-0.3, -0.25) is 4.79 Å². The SMILES string of the molecule is COC(=O)CCNC(=O)N1CCC[C@H]1C(=O)O. The monoisotopic (exact) mass is 244 g/mol. The van der Waals surface area contributed by atoms with Crippen LogP contribution >= 0.6 is 0 Å². The van der Waals surface area contributed by atoms with E-state index < -0.39 is 24.0 Å². The molecular formula is C10H16N2O5. The molecule has 0 unspecified atom stereocenters. The minimum absolute atomic E-state index is 0.0772. The molecule has 0 radical (unpaired) electrons. The van der Waals surface area contributed by atoms with Crippen molar-refractivity contribution < 1.29 is 24.2 Å². The van der Waals surface area contributed by atoms with Gasteiger partial charge in [0.2, 0.25) is 0 Å². The van der Waals surface area contributed by atoms with Crippen molar-refractivity contribution in [3.63, 3.8) is 0 Å². The molecule has 1 rings (SSSR count). The molecule has 1 aliphatic rings. The Balaban J connectivity index is 2.37. The molecule has 1 atom stereocenters. The first-order chi connectivity index (χ1) is 8.06. The van der Waals surface area contributed by atoms with Gasteiger partial charge in [-0.15, -0.1) is 0 Å². The van der Waals surface area contributed by atoms with Crippen molar-refractivity contribution in [1.29, 1.82) is 0 Å². The number of nitrogens with zero attached hydrogens (tertiary/aromatic N) is 1. The van der Waals surface area contributed by atoms with Crippen molar-refractivity contribution in [2.75, 3.05) is 20.2 Å².